The lowest BCUT2D eigenvalue weighted by atomic mass is 10.1. The lowest BCUT2D eigenvalue weighted by molar-refractivity contribution is -0.137. The van der Waals surface area contributed by atoms with Crippen LogP contribution in [0.1, 0.15) is 18.1 Å². The first-order valence-corrected chi connectivity index (χ1v) is 18.1. The zero-order chi connectivity index (χ0) is 24.6. The van der Waals surface area contributed by atoms with Gasteiger partial charge in [-0.1, -0.05) is 73.9 Å². The Labute approximate surface area is 196 Å². The maximum Gasteiger partial charge on any atom is 0.330 e. The standard InChI is InChI=1S/C26H32O5Si2/c1-8-30-24(29)12-10-18-14-20(33(5,6)7)16-22-21-15-19(32(2,3)4)13-17(9-11-23(27)28)25(21)31-26(18)22/h9-16H,8H2,1-7H3,(H,27,28)/b11-9+,12-10+. The molecule has 174 valence electrons. The van der Waals surface area contributed by atoms with Crippen LogP contribution in [0.5, 0.6) is 0 Å². The maximum atomic E-state index is 12.0. The third-order valence-corrected chi connectivity index (χ3v) is 9.59. The van der Waals surface area contributed by atoms with E-state index in [1.807, 2.05) is 6.07 Å². The van der Waals surface area contributed by atoms with Gasteiger partial charge in [-0.2, -0.15) is 0 Å². The first-order chi connectivity index (χ1) is 15.3. The Morgan fingerprint density at radius 3 is 1.70 bits per heavy atom. The quantitative estimate of drug-likeness (QED) is 0.280. The fourth-order valence-corrected chi connectivity index (χ4v) is 5.99. The second-order valence-electron chi connectivity index (χ2n) is 10.2. The third kappa shape index (κ3) is 5.54. The highest BCUT2D eigenvalue weighted by Crippen LogP contribution is 2.34. The monoisotopic (exact) mass is 480 g/mol. The molecular weight excluding hydrogens is 448 g/mol. The summed E-state index contributed by atoms with van der Waals surface area (Å²) in [6, 6.07) is 8.54. The summed E-state index contributed by atoms with van der Waals surface area (Å²) in [6.07, 6.45) is 5.92. The van der Waals surface area contributed by atoms with E-state index in [-0.39, 0.29) is 0 Å². The molecule has 0 radical (unpaired) electrons. The molecule has 0 unspecified atom stereocenters. The van der Waals surface area contributed by atoms with E-state index >= 15 is 0 Å². The van der Waals surface area contributed by atoms with Gasteiger partial charge in [0.15, 0.2) is 0 Å². The van der Waals surface area contributed by atoms with Crippen molar-refractivity contribution in [3.05, 3.63) is 47.5 Å². The number of hydrogen-bond acceptors (Lipinski definition) is 4. The van der Waals surface area contributed by atoms with Crippen molar-refractivity contribution in [1.29, 1.82) is 0 Å². The highest BCUT2D eigenvalue weighted by molar-refractivity contribution is 6.89. The maximum absolute atomic E-state index is 12.0. The Kier molecular flexibility index (Phi) is 6.86. The lowest BCUT2D eigenvalue weighted by Gasteiger charge is -2.18. The van der Waals surface area contributed by atoms with E-state index in [2.05, 4.69) is 57.5 Å². The number of carboxylic acid groups (broad SMARTS) is 1. The van der Waals surface area contributed by atoms with Gasteiger partial charge >= 0.3 is 11.9 Å². The van der Waals surface area contributed by atoms with Crippen LogP contribution in [0.25, 0.3) is 34.1 Å². The molecule has 0 bridgehead atoms. The fourth-order valence-electron chi connectivity index (χ4n) is 3.66. The molecule has 3 aromatic rings. The average molecular weight is 481 g/mol. The number of hydrogen-bond donors (Lipinski definition) is 1. The van der Waals surface area contributed by atoms with Crippen LogP contribution in [-0.2, 0) is 14.3 Å². The molecule has 3 rings (SSSR count). The largest absolute Gasteiger partial charge is 0.478 e. The van der Waals surface area contributed by atoms with Crippen LogP contribution < -0.4 is 10.4 Å². The van der Waals surface area contributed by atoms with E-state index < -0.39 is 28.1 Å². The van der Waals surface area contributed by atoms with Crippen LogP contribution in [0.2, 0.25) is 39.3 Å². The predicted octanol–water partition coefficient (Wildman–Crippen LogP) is 5.35. The zero-order valence-electron chi connectivity index (χ0n) is 20.4. The number of esters is 1. The predicted molar refractivity (Wildman–Crippen MR) is 142 cm³/mol. The van der Waals surface area contributed by atoms with Crippen LogP contribution in [-0.4, -0.2) is 39.8 Å². The van der Waals surface area contributed by atoms with E-state index in [9.17, 15) is 14.7 Å². The molecule has 0 saturated carbocycles. The first kappa shape index (κ1) is 24.7. The van der Waals surface area contributed by atoms with E-state index in [1.54, 1.807) is 19.1 Å². The van der Waals surface area contributed by atoms with Gasteiger partial charge in [-0.25, -0.2) is 9.59 Å². The SMILES string of the molecule is CCOC(=O)/C=C/c1cc([Si](C)(C)C)cc2c1oc1c(/C=C/C(=O)O)cc([Si](C)(C)C)cc12. The van der Waals surface area contributed by atoms with Crippen molar-refractivity contribution < 1.29 is 23.8 Å². The minimum Gasteiger partial charge on any atom is -0.478 e. The van der Waals surface area contributed by atoms with E-state index in [1.165, 1.54) is 16.4 Å². The molecule has 5 nitrogen and oxygen atoms in total. The molecule has 0 amide bonds. The van der Waals surface area contributed by atoms with Crippen LogP contribution >= 0.6 is 0 Å². The number of carboxylic acids is 1. The van der Waals surface area contributed by atoms with Gasteiger partial charge in [-0.05, 0) is 19.1 Å². The van der Waals surface area contributed by atoms with Gasteiger partial charge < -0.3 is 14.3 Å². The minimum atomic E-state index is -1.69. The molecule has 1 N–H and O–H groups in total. The van der Waals surface area contributed by atoms with Gasteiger partial charge in [0, 0.05) is 34.1 Å². The number of fused-ring (bicyclic) bond motifs is 3. The summed E-state index contributed by atoms with van der Waals surface area (Å²) in [5.41, 5.74) is 2.91. The summed E-state index contributed by atoms with van der Waals surface area (Å²) in [6.45, 7) is 15.7. The summed E-state index contributed by atoms with van der Waals surface area (Å²) < 4.78 is 11.4. The molecule has 0 saturated heterocycles. The lowest BCUT2D eigenvalue weighted by Crippen LogP contribution is -2.38. The normalized spacial score (nSPS) is 12.9. The van der Waals surface area contributed by atoms with Crippen molar-refractivity contribution in [2.45, 2.75) is 46.2 Å². The number of carbonyl (C=O) groups excluding carboxylic acids is 1. The second kappa shape index (κ2) is 9.15. The van der Waals surface area contributed by atoms with Gasteiger partial charge in [0.1, 0.15) is 11.2 Å². The Morgan fingerprint density at radius 2 is 1.30 bits per heavy atom. The van der Waals surface area contributed by atoms with Crippen LogP contribution in [0.15, 0.2) is 40.8 Å². The summed E-state index contributed by atoms with van der Waals surface area (Å²) in [7, 11) is -3.37. The first-order valence-electron chi connectivity index (χ1n) is 11.1. The Balaban J connectivity index is 2.41. The van der Waals surface area contributed by atoms with E-state index in [0.29, 0.717) is 17.8 Å². The van der Waals surface area contributed by atoms with Crippen molar-refractivity contribution in [3.8, 4) is 0 Å². The van der Waals surface area contributed by atoms with Gasteiger partial charge in [0.05, 0.1) is 22.8 Å². The van der Waals surface area contributed by atoms with E-state index in [0.717, 1.165) is 28.0 Å². The highest BCUT2D eigenvalue weighted by Gasteiger charge is 2.24. The molecule has 0 atom stereocenters. The van der Waals surface area contributed by atoms with Gasteiger partial charge in [-0.15, -0.1) is 0 Å². The Morgan fingerprint density at radius 1 is 0.848 bits per heavy atom. The molecule has 1 aromatic heterocycles. The topological polar surface area (TPSA) is 76.7 Å². The molecule has 0 fully saturated rings. The molecule has 1 heterocycles. The van der Waals surface area contributed by atoms with Crippen LogP contribution in [0.4, 0.5) is 0 Å². The van der Waals surface area contributed by atoms with Crippen molar-refractivity contribution in [2.75, 3.05) is 6.61 Å². The van der Waals surface area contributed by atoms with Crippen molar-refractivity contribution in [3.63, 3.8) is 0 Å². The Bertz CT molecular complexity index is 1280. The summed E-state index contributed by atoms with van der Waals surface area (Å²) >= 11 is 0. The van der Waals surface area contributed by atoms with Crippen LogP contribution in [0, 0.1) is 0 Å². The van der Waals surface area contributed by atoms with Crippen molar-refractivity contribution in [2.24, 2.45) is 0 Å². The third-order valence-electron chi connectivity index (χ3n) is 5.55. The Hall–Kier alpha value is -2.91. The van der Waals surface area contributed by atoms with Gasteiger partial charge in [-0.3, -0.25) is 0 Å². The molecule has 0 aliphatic rings. The summed E-state index contributed by atoms with van der Waals surface area (Å²) in [4.78, 5) is 23.2. The minimum absolute atomic E-state index is 0.316. The number of furan rings is 1. The molecule has 33 heavy (non-hydrogen) atoms. The smallest absolute Gasteiger partial charge is 0.330 e. The number of aliphatic carboxylic acids is 1. The van der Waals surface area contributed by atoms with Crippen molar-refractivity contribution >= 4 is 72.6 Å². The van der Waals surface area contributed by atoms with Gasteiger partial charge in [0.2, 0.25) is 0 Å². The fraction of sp³-hybridized carbons (Fsp3) is 0.308. The van der Waals surface area contributed by atoms with Crippen molar-refractivity contribution in [1.82, 2.24) is 0 Å². The molecule has 0 aliphatic heterocycles. The molecule has 7 heteroatoms. The number of carbonyl (C=O) groups is 2. The zero-order valence-corrected chi connectivity index (χ0v) is 22.4. The number of rotatable bonds is 7. The van der Waals surface area contributed by atoms with E-state index in [4.69, 9.17) is 9.15 Å². The molecule has 2 aromatic carbocycles. The second-order valence-corrected chi connectivity index (χ2v) is 20.4. The average Bonchev–Trinajstić information content (AvgIpc) is 3.08. The summed E-state index contributed by atoms with van der Waals surface area (Å²) in [5.74, 6) is -1.40. The summed E-state index contributed by atoms with van der Waals surface area (Å²) in [5, 5.41) is 13.6. The van der Waals surface area contributed by atoms with Crippen LogP contribution in [0.3, 0.4) is 0 Å². The number of benzene rings is 2. The number of ether oxygens (including phenoxy) is 1. The molecular formula is C26H32O5Si2. The van der Waals surface area contributed by atoms with Gasteiger partial charge in [0.25, 0.3) is 0 Å². The molecule has 0 spiro atoms. The highest BCUT2D eigenvalue weighted by atomic mass is 28.3. The molecule has 0 aliphatic carbocycles.